The number of aromatic nitrogens is 4. The number of nitrogens with one attached hydrogen (secondary N) is 1. The topological polar surface area (TPSA) is 81.9 Å². The van der Waals surface area contributed by atoms with Gasteiger partial charge in [-0.1, -0.05) is 24.3 Å². The molecule has 1 heterocycles. The van der Waals surface area contributed by atoms with Gasteiger partial charge in [0.25, 0.3) is 0 Å². The SMILES string of the molecule is COc1cccc(-c2nnn(CC(=O)NCCc3ccc(F)cc3)n2)c1. The highest BCUT2D eigenvalue weighted by Gasteiger charge is 2.10. The van der Waals surface area contributed by atoms with Crippen molar-refractivity contribution < 1.29 is 13.9 Å². The summed E-state index contributed by atoms with van der Waals surface area (Å²) < 4.78 is 18.0. The van der Waals surface area contributed by atoms with Crippen LogP contribution in [-0.4, -0.2) is 39.8 Å². The number of methoxy groups -OCH3 is 1. The van der Waals surface area contributed by atoms with Crippen LogP contribution in [-0.2, 0) is 17.8 Å². The van der Waals surface area contributed by atoms with Crippen LogP contribution in [0, 0.1) is 5.82 Å². The molecule has 2 aromatic carbocycles. The van der Waals surface area contributed by atoms with E-state index < -0.39 is 0 Å². The highest BCUT2D eigenvalue weighted by molar-refractivity contribution is 5.75. The summed E-state index contributed by atoms with van der Waals surface area (Å²) in [5, 5.41) is 14.8. The lowest BCUT2D eigenvalue weighted by Crippen LogP contribution is -2.30. The molecule has 0 aliphatic rings. The average molecular weight is 355 g/mol. The number of amides is 1. The monoisotopic (exact) mass is 355 g/mol. The van der Waals surface area contributed by atoms with E-state index in [1.165, 1.54) is 16.9 Å². The Bertz CT molecular complexity index is 879. The standard InChI is InChI=1S/C18H18FN5O2/c1-26-16-4-2-3-14(11-16)18-21-23-24(22-18)12-17(25)20-10-9-13-5-7-15(19)8-6-13/h2-8,11H,9-10,12H2,1H3,(H,20,25). The molecule has 0 bridgehead atoms. The molecule has 7 nitrogen and oxygen atoms in total. The first kappa shape index (κ1) is 17.5. The molecule has 0 spiro atoms. The predicted molar refractivity (Wildman–Crippen MR) is 92.9 cm³/mol. The van der Waals surface area contributed by atoms with Crippen LogP contribution >= 0.6 is 0 Å². The Balaban J connectivity index is 1.51. The fourth-order valence-corrected chi connectivity index (χ4v) is 2.37. The smallest absolute Gasteiger partial charge is 0.243 e. The number of hydrogen-bond donors (Lipinski definition) is 1. The first-order valence-corrected chi connectivity index (χ1v) is 8.07. The summed E-state index contributed by atoms with van der Waals surface area (Å²) in [6.45, 7) is 0.419. The maximum atomic E-state index is 12.8. The number of ether oxygens (including phenoxy) is 1. The Morgan fingerprint density at radius 3 is 2.81 bits per heavy atom. The van der Waals surface area contributed by atoms with Crippen molar-refractivity contribution in [3.63, 3.8) is 0 Å². The number of carbonyl (C=O) groups excluding carboxylic acids is 1. The van der Waals surface area contributed by atoms with Gasteiger partial charge in [0.15, 0.2) is 0 Å². The van der Waals surface area contributed by atoms with Crippen molar-refractivity contribution in [1.82, 2.24) is 25.5 Å². The zero-order valence-corrected chi connectivity index (χ0v) is 14.2. The summed E-state index contributed by atoms with van der Waals surface area (Å²) >= 11 is 0. The van der Waals surface area contributed by atoms with Crippen LogP contribution < -0.4 is 10.1 Å². The minimum Gasteiger partial charge on any atom is -0.497 e. The summed E-state index contributed by atoms with van der Waals surface area (Å²) in [7, 11) is 1.58. The van der Waals surface area contributed by atoms with Crippen molar-refractivity contribution >= 4 is 5.91 Å². The van der Waals surface area contributed by atoms with Crippen LogP contribution in [0.5, 0.6) is 5.75 Å². The Morgan fingerprint density at radius 2 is 2.04 bits per heavy atom. The lowest BCUT2D eigenvalue weighted by molar-refractivity contribution is -0.122. The molecule has 0 atom stereocenters. The third kappa shape index (κ3) is 4.62. The molecule has 0 aliphatic carbocycles. The van der Waals surface area contributed by atoms with E-state index in [1.54, 1.807) is 25.3 Å². The van der Waals surface area contributed by atoms with Crippen molar-refractivity contribution in [2.24, 2.45) is 0 Å². The molecule has 0 saturated carbocycles. The number of rotatable bonds is 7. The number of halogens is 1. The summed E-state index contributed by atoms with van der Waals surface area (Å²) in [5.74, 6) is 0.615. The Kier molecular flexibility index (Phi) is 5.52. The number of nitrogens with zero attached hydrogens (tertiary/aromatic N) is 4. The van der Waals surface area contributed by atoms with Crippen molar-refractivity contribution in [2.75, 3.05) is 13.7 Å². The van der Waals surface area contributed by atoms with Crippen LogP contribution in [0.15, 0.2) is 48.5 Å². The fraction of sp³-hybridized carbons (Fsp3) is 0.222. The molecule has 1 amide bonds. The van der Waals surface area contributed by atoms with E-state index in [1.807, 2.05) is 18.2 Å². The van der Waals surface area contributed by atoms with Crippen molar-refractivity contribution in [3.8, 4) is 17.1 Å². The first-order valence-electron chi connectivity index (χ1n) is 8.07. The third-order valence-electron chi connectivity index (χ3n) is 3.71. The van der Waals surface area contributed by atoms with Gasteiger partial charge in [-0.15, -0.1) is 10.2 Å². The number of tetrazole rings is 1. The highest BCUT2D eigenvalue weighted by atomic mass is 19.1. The molecule has 134 valence electrons. The zero-order valence-electron chi connectivity index (χ0n) is 14.2. The Labute approximate surface area is 149 Å². The van der Waals surface area contributed by atoms with Gasteiger partial charge >= 0.3 is 0 Å². The Morgan fingerprint density at radius 1 is 1.23 bits per heavy atom. The first-order chi connectivity index (χ1) is 12.6. The van der Waals surface area contributed by atoms with Gasteiger partial charge in [-0.05, 0) is 41.5 Å². The van der Waals surface area contributed by atoms with E-state index in [4.69, 9.17) is 4.74 Å². The minimum absolute atomic E-state index is 0.0274. The molecule has 0 aliphatic heterocycles. The molecule has 3 aromatic rings. The second-order valence-electron chi connectivity index (χ2n) is 5.60. The fourth-order valence-electron chi connectivity index (χ4n) is 2.37. The van der Waals surface area contributed by atoms with Gasteiger partial charge in [-0.25, -0.2) is 4.39 Å². The van der Waals surface area contributed by atoms with Gasteiger partial charge in [0.05, 0.1) is 7.11 Å². The van der Waals surface area contributed by atoms with Crippen molar-refractivity contribution in [2.45, 2.75) is 13.0 Å². The molecule has 0 fully saturated rings. The summed E-state index contributed by atoms with van der Waals surface area (Å²) in [6, 6.07) is 13.5. The largest absolute Gasteiger partial charge is 0.497 e. The maximum absolute atomic E-state index is 12.8. The van der Waals surface area contributed by atoms with Crippen molar-refractivity contribution in [1.29, 1.82) is 0 Å². The van der Waals surface area contributed by atoms with E-state index in [-0.39, 0.29) is 18.3 Å². The van der Waals surface area contributed by atoms with Gasteiger partial charge in [0.2, 0.25) is 11.7 Å². The highest BCUT2D eigenvalue weighted by Crippen LogP contribution is 2.19. The maximum Gasteiger partial charge on any atom is 0.243 e. The lowest BCUT2D eigenvalue weighted by Gasteiger charge is -2.04. The van der Waals surface area contributed by atoms with Gasteiger partial charge in [-0.3, -0.25) is 4.79 Å². The molecular formula is C18H18FN5O2. The summed E-state index contributed by atoms with van der Waals surface area (Å²) in [5.41, 5.74) is 1.71. The number of benzene rings is 2. The van der Waals surface area contributed by atoms with Crippen LogP contribution in [0.2, 0.25) is 0 Å². The van der Waals surface area contributed by atoms with E-state index in [0.29, 0.717) is 24.5 Å². The third-order valence-corrected chi connectivity index (χ3v) is 3.71. The average Bonchev–Trinajstić information content (AvgIpc) is 3.12. The molecule has 1 N–H and O–H groups in total. The molecule has 1 aromatic heterocycles. The molecule has 0 saturated heterocycles. The summed E-state index contributed by atoms with van der Waals surface area (Å²) in [6.07, 6.45) is 0.617. The minimum atomic E-state index is -0.276. The van der Waals surface area contributed by atoms with Crippen LogP contribution in [0.1, 0.15) is 5.56 Å². The van der Waals surface area contributed by atoms with Gasteiger partial charge < -0.3 is 10.1 Å². The number of hydrogen-bond acceptors (Lipinski definition) is 5. The predicted octanol–water partition coefficient (Wildman–Crippen LogP) is 1.85. The van der Waals surface area contributed by atoms with Crippen LogP contribution in [0.3, 0.4) is 0 Å². The molecule has 8 heteroatoms. The number of carbonyl (C=O) groups is 1. The lowest BCUT2D eigenvalue weighted by atomic mass is 10.1. The van der Waals surface area contributed by atoms with Gasteiger partial charge in [0.1, 0.15) is 18.1 Å². The molecular weight excluding hydrogens is 337 g/mol. The summed E-state index contributed by atoms with van der Waals surface area (Å²) in [4.78, 5) is 13.2. The molecule has 26 heavy (non-hydrogen) atoms. The van der Waals surface area contributed by atoms with E-state index in [0.717, 1.165) is 11.1 Å². The normalized spacial score (nSPS) is 10.5. The van der Waals surface area contributed by atoms with E-state index in [2.05, 4.69) is 20.7 Å². The molecule has 0 radical (unpaired) electrons. The molecule has 0 unspecified atom stereocenters. The second kappa shape index (κ2) is 8.19. The van der Waals surface area contributed by atoms with Gasteiger partial charge in [-0.2, -0.15) is 4.80 Å². The quantitative estimate of drug-likeness (QED) is 0.699. The zero-order chi connectivity index (χ0) is 18.4. The van der Waals surface area contributed by atoms with Crippen LogP contribution in [0.25, 0.3) is 11.4 Å². The van der Waals surface area contributed by atoms with Crippen molar-refractivity contribution in [3.05, 3.63) is 59.9 Å². The Hall–Kier alpha value is -3.29. The van der Waals surface area contributed by atoms with Crippen LogP contribution in [0.4, 0.5) is 4.39 Å². The van der Waals surface area contributed by atoms with E-state index >= 15 is 0 Å². The second-order valence-corrected chi connectivity index (χ2v) is 5.60. The molecule has 3 rings (SSSR count). The van der Waals surface area contributed by atoms with Gasteiger partial charge in [0, 0.05) is 12.1 Å². The van der Waals surface area contributed by atoms with E-state index in [9.17, 15) is 9.18 Å².